The van der Waals surface area contributed by atoms with Crippen LogP contribution in [0.5, 0.6) is 0 Å². The van der Waals surface area contributed by atoms with E-state index in [1.807, 2.05) is 26.8 Å². The summed E-state index contributed by atoms with van der Waals surface area (Å²) in [5, 5.41) is 0. The number of rotatable bonds is 2. The molecule has 0 amide bonds. The quantitative estimate of drug-likeness (QED) is 0.634. The van der Waals surface area contributed by atoms with E-state index in [4.69, 9.17) is 0 Å². The summed E-state index contributed by atoms with van der Waals surface area (Å²) in [7, 11) is 0. The molecule has 0 aromatic carbocycles. The molecule has 1 aliphatic rings. The number of hydrogen-bond acceptors (Lipinski definition) is 1. The number of ketones is 1. The van der Waals surface area contributed by atoms with E-state index in [2.05, 4.69) is 26.8 Å². The summed E-state index contributed by atoms with van der Waals surface area (Å²) in [5.74, 6) is 0.203. The monoisotopic (exact) mass is 218 g/mol. The molecule has 0 saturated heterocycles. The normalized spacial score (nSPS) is 20.9. The third-order valence-electron chi connectivity index (χ3n) is 3.27. The molecule has 1 aliphatic carbocycles. The number of Topliss-reactive ketones (excluding diaryl/α,β-unsaturated/α-hetero) is 1. The molecule has 0 radical (unpaired) electrons. The molecule has 0 bridgehead atoms. The van der Waals surface area contributed by atoms with Crippen LogP contribution in [0, 0.1) is 5.41 Å². The van der Waals surface area contributed by atoms with Crippen LogP contribution >= 0.6 is 0 Å². The minimum atomic E-state index is -0.0374. The Morgan fingerprint density at radius 1 is 1.38 bits per heavy atom. The lowest BCUT2D eigenvalue weighted by Gasteiger charge is -2.32. The Morgan fingerprint density at radius 2 is 1.94 bits per heavy atom. The maximum absolute atomic E-state index is 12.3. The van der Waals surface area contributed by atoms with Gasteiger partial charge in [0.25, 0.3) is 0 Å². The molecule has 1 heteroatoms. The average molecular weight is 218 g/mol. The van der Waals surface area contributed by atoms with Crippen LogP contribution in [0.1, 0.15) is 48.0 Å². The zero-order chi connectivity index (χ0) is 12.5. The molecule has 0 aromatic heterocycles. The molecule has 0 atom stereocenters. The number of hydrogen-bond donors (Lipinski definition) is 0. The van der Waals surface area contributed by atoms with Crippen molar-refractivity contribution in [1.29, 1.82) is 0 Å². The molecule has 0 spiro atoms. The molecule has 0 N–H and O–H groups in total. The van der Waals surface area contributed by atoms with Crippen LogP contribution in [-0.2, 0) is 4.79 Å². The average Bonchev–Trinajstić information content (AvgIpc) is 2.13. The van der Waals surface area contributed by atoms with E-state index in [0.29, 0.717) is 0 Å². The van der Waals surface area contributed by atoms with E-state index >= 15 is 0 Å². The van der Waals surface area contributed by atoms with Gasteiger partial charge in [-0.05, 0) is 50.7 Å². The van der Waals surface area contributed by atoms with Gasteiger partial charge in [0.15, 0.2) is 5.78 Å². The second-order valence-corrected chi connectivity index (χ2v) is 5.41. The molecule has 0 saturated carbocycles. The highest BCUT2D eigenvalue weighted by atomic mass is 16.1. The van der Waals surface area contributed by atoms with Crippen molar-refractivity contribution in [2.75, 3.05) is 0 Å². The van der Waals surface area contributed by atoms with Crippen LogP contribution in [0.4, 0.5) is 0 Å². The minimum absolute atomic E-state index is 0.0374. The van der Waals surface area contributed by atoms with Crippen LogP contribution in [0.3, 0.4) is 0 Å². The highest BCUT2D eigenvalue weighted by Gasteiger charge is 2.32. The smallest absolute Gasteiger partial charge is 0.185 e. The summed E-state index contributed by atoms with van der Waals surface area (Å²) in [4.78, 5) is 12.3. The fraction of sp³-hybridized carbons (Fsp3) is 0.533. The summed E-state index contributed by atoms with van der Waals surface area (Å²) in [6, 6.07) is 0. The highest BCUT2D eigenvalue weighted by Crippen LogP contribution is 2.41. The predicted molar refractivity (Wildman–Crippen MR) is 69.3 cm³/mol. The van der Waals surface area contributed by atoms with Crippen molar-refractivity contribution in [2.45, 2.75) is 48.0 Å². The van der Waals surface area contributed by atoms with Gasteiger partial charge in [0.1, 0.15) is 0 Å². The second kappa shape index (κ2) is 4.40. The summed E-state index contributed by atoms with van der Waals surface area (Å²) < 4.78 is 0. The van der Waals surface area contributed by atoms with Gasteiger partial charge < -0.3 is 0 Å². The van der Waals surface area contributed by atoms with Gasteiger partial charge in [-0.3, -0.25) is 4.79 Å². The zero-order valence-corrected chi connectivity index (χ0v) is 11.3. The van der Waals surface area contributed by atoms with Crippen molar-refractivity contribution in [3.05, 3.63) is 34.4 Å². The van der Waals surface area contributed by atoms with Crippen molar-refractivity contribution in [1.82, 2.24) is 0 Å². The third-order valence-corrected chi connectivity index (χ3v) is 3.27. The Morgan fingerprint density at radius 3 is 2.38 bits per heavy atom. The van der Waals surface area contributed by atoms with E-state index < -0.39 is 0 Å². The Bertz CT molecular complexity index is 403. The van der Waals surface area contributed by atoms with E-state index in [0.717, 1.165) is 23.1 Å². The lowest BCUT2D eigenvalue weighted by molar-refractivity contribution is -0.113. The van der Waals surface area contributed by atoms with Crippen molar-refractivity contribution in [2.24, 2.45) is 5.41 Å². The van der Waals surface area contributed by atoms with Gasteiger partial charge >= 0.3 is 0 Å². The first-order valence-corrected chi connectivity index (χ1v) is 5.85. The van der Waals surface area contributed by atoms with Gasteiger partial charge in [0.05, 0.1) is 0 Å². The largest absolute Gasteiger partial charge is 0.289 e. The zero-order valence-electron chi connectivity index (χ0n) is 11.3. The Balaban J connectivity index is 3.28. The molecule has 88 valence electrons. The van der Waals surface area contributed by atoms with Crippen molar-refractivity contribution >= 4 is 5.78 Å². The van der Waals surface area contributed by atoms with Crippen molar-refractivity contribution in [3.63, 3.8) is 0 Å². The number of carbonyl (C=O) groups excluding carboxylic acids is 1. The van der Waals surface area contributed by atoms with Crippen molar-refractivity contribution < 1.29 is 4.79 Å². The van der Waals surface area contributed by atoms with Crippen LogP contribution in [0.15, 0.2) is 34.4 Å². The lowest BCUT2D eigenvalue weighted by Crippen LogP contribution is -2.26. The molecule has 1 rings (SSSR count). The molecule has 0 heterocycles. The van der Waals surface area contributed by atoms with Gasteiger partial charge in [0.2, 0.25) is 0 Å². The lowest BCUT2D eigenvalue weighted by atomic mass is 9.70. The van der Waals surface area contributed by atoms with Crippen LogP contribution in [0.25, 0.3) is 0 Å². The topological polar surface area (TPSA) is 17.1 Å². The van der Waals surface area contributed by atoms with Gasteiger partial charge in [-0.25, -0.2) is 0 Å². The fourth-order valence-corrected chi connectivity index (χ4v) is 2.63. The van der Waals surface area contributed by atoms with Gasteiger partial charge in [-0.15, -0.1) is 0 Å². The number of carbonyl (C=O) groups is 1. The molecular formula is C15H22O. The summed E-state index contributed by atoms with van der Waals surface area (Å²) >= 11 is 0. The predicted octanol–water partition coefficient (Wildman–Crippen LogP) is 4.21. The standard InChI is InChI=1S/C15H22O/c1-7-11(3)14(16)13-12(4)8-10(2)9-15(13,5)6/h7-8H,9H2,1-6H3/b11-7+. The first kappa shape index (κ1) is 13.0. The van der Waals surface area contributed by atoms with E-state index in [1.165, 1.54) is 5.57 Å². The van der Waals surface area contributed by atoms with Crippen LogP contribution in [-0.4, -0.2) is 5.78 Å². The third kappa shape index (κ3) is 2.34. The van der Waals surface area contributed by atoms with Crippen LogP contribution in [0.2, 0.25) is 0 Å². The SMILES string of the molecule is C/C=C(\C)C(=O)C1=C(C)C=C(C)CC1(C)C. The molecule has 0 aliphatic heterocycles. The molecule has 16 heavy (non-hydrogen) atoms. The molecular weight excluding hydrogens is 196 g/mol. The van der Waals surface area contributed by atoms with Gasteiger partial charge in [-0.1, -0.05) is 31.6 Å². The van der Waals surface area contributed by atoms with Gasteiger partial charge in [-0.2, -0.15) is 0 Å². The maximum Gasteiger partial charge on any atom is 0.185 e. The summed E-state index contributed by atoms with van der Waals surface area (Å²) in [6.07, 6.45) is 5.01. The maximum atomic E-state index is 12.3. The molecule has 1 nitrogen and oxygen atoms in total. The molecule has 0 aromatic rings. The van der Waals surface area contributed by atoms with E-state index in [-0.39, 0.29) is 11.2 Å². The Hall–Kier alpha value is -1.11. The Labute approximate surface area is 98.9 Å². The molecule has 0 unspecified atom stereocenters. The fourth-order valence-electron chi connectivity index (χ4n) is 2.63. The minimum Gasteiger partial charge on any atom is -0.289 e. The molecule has 0 fully saturated rings. The van der Waals surface area contributed by atoms with E-state index in [9.17, 15) is 4.79 Å². The van der Waals surface area contributed by atoms with Crippen LogP contribution < -0.4 is 0 Å². The van der Waals surface area contributed by atoms with E-state index in [1.54, 1.807) is 0 Å². The number of allylic oxidation sites excluding steroid dienone is 6. The van der Waals surface area contributed by atoms with Crippen molar-refractivity contribution in [3.8, 4) is 0 Å². The summed E-state index contributed by atoms with van der Waals surface area (Å²) in [6.45, 7) is 12.3. The van der Waals surface area contributed by atoms with Gasteiger partial charge in [0, 0.05) is 5.57 Å². The summed E-state index contributed by atoms with van der Waals surface area (Å²) in [5.41, 5.74) is 4.27. The highest BCUT2D eigenvalue weighted by molar-refractivity contribution is 6.09. The Kier molecular flexibility index (Phi) is 3.57. The first-order chi connectivity index (χ1) is 7.29. The second-order valence-electron chi connectivity index (χ2n) is 5.41. The first-order valence-electron chi connectivity index (χ1n) is 5.85.